The SMILES string of the molecule is COc1ccc(C2CCOCC2)c2nc(-c3ccccc3C(N)=O)[nH]c12. The largest absolute Gasteiger partial charge is 0.494 e. The molecule has 6 nitrogen and oxygen atoms in total. The van der Waals surface area contributed by atoms with Crippen LogP contribution in [-0.4, -0.2) is 36.2 Å². The molecule has 6 heteroatoms. The van der Waals surface area contributed by atoms with Crippen LogP contribution in [0.25, 0.3) is 22.4 Å². The van der Waals surface area contributed by atoms with E-state index in [0.717, 1.165) is 42.8 Å². The number of aromatic amines is 1. The second-order valence-electron chi connectivity index (χ2n) is 6.46. The highest BCUT2D eigenvalue weighted by Gasteiger charge is 2.22. The second kappa shape index (κ2) is 6.80. The highest BCUT2D eigenvalue weighted by atomic mass is 16.5. The van der Waals surface area contributed by atoms with Crippen molar-refractivity contribution < 1.29 is 14.3 Å². The van der Waals surface area contributed by atoms with Crippen LogP contribution in [0.15, 0.2) is 36.4 Å². The number of methoxy groups -OCH3 is 1. The van der Waals surface area contributed by atoms with Crippen molar-refractivity contribution in [3.05, 3.63) is 47.5 Å². The number of aromatic nitrogens is 2. The molecule has 0 bridgehead atoms. The minimum absolute atomic E-state index is 0.402. The predicted molar refractivity (Wildman–Crippen MR) is 99.4 cm³/mol. The van der Waals surface area contributed by atoms with Crippen molar-refractivity contribution in [1.82, 2.24) is 9.97 Å². The van der Waals surface area contributed by atoms with E-state index in [1.54, 1.807) is 19.2 Å². The minimum atomic E-state index is -0.474. The van der Waals surface area contributed by atoms with Crippen molar-refractivity contribution in [3.63, 3.8) is 0 Å². The summed E-state index contributed by atoms with van der Waals surface area (Å²) in [5.41, 5.74) is 9.57. The third-order valence-corrected chi connectivity index (χ3v) is 4.97. The van der Waals surface area contributed by atoms with Crippen LogP contribution in [0.5, 0.6) is 5.75 Å². The number of primary amides is 1. The van der Waals surface area contributed by atoms with Crippen LogP contribution in [0, 0.1) is 0 Å². The van der Waals surface area contributed by atoms with E-state index in [-0.39, 0.29) is 0 Å². The van der Waals surface area contributed by atoms with Crippen molar-refractivity contribution in [2.45, 2.75) is 18.8 Å². The van der Waals surface area contributed by atoms with Crippen LogP contribution in [0.4, 0.5) is 0 Å². The monoisotopic (exact) mass is 351 g/mol. The molecule has 1 aromatic heterocycles. The van der Waals surface area contributed by atoms with Crippen molar-refractivity contribution in [1.29, 1.82) is 0 Å². The number of carbonyl (C=O) groups is 1. The lowest BCUT2D eigenvalue weighted by molar-refractivity contribution is 0.0855. The molecule has 0 radical (unpaired) electrons. The first-order valence-electron chi connectivity index (χ1n) is 8.72. The summed E-state index contributed by atoms with van der Waals surface area (Å²) in [5.74, 6) is 1.27. The Morgan fingerprint density at radius 3 is 2.73 bits per heavy atom. The maximum absolute atomic E-state index is 11.8. The Kier molecular flexibility index (Phi) is 4.34. The van der Waals surface area contributed by atoms with Gasteiger partial charge in [0.1, 0.15) is 17.1 Å². The fourth-order valence-corrected chi connectivity index (χ4v) is 3.63. The number of ether oxygens (including phenoxy) is 2. The van der Waals surface area contributed by atoms with E-state index in [0.29, 0.717) is 22.9 Å². The third kappa shape index (κ3) is 2.82. The normalized spacial score (nSPS) is 15.3. The lowest BCUT2D eigenvalue weighted by atomic mass is 9.90. The molecule has 1 saturated heterocycles. The summed E-state index contributed by atoms with van der Waals surface area (Å²) in [5, 5.41) is 0. The van der Waals surface area contributed by atoms with Gasteiger partial charge >= 0.3 is 0 Å². The average molecular weight is 351 g/mol. The molecule has 2 aromatic carbocycles. The molecule has 0 unspecified atom stereocenters. The van der Waals surface area contributed by atoms with Crippen molar-refractivity contribution in [3.8, 4) is 17.1 Å². The summed E-state index contributed by atoms with van der Waals surface area (Å²) < 4.78 is 11.0. The van der Waals surface area contributed by atoms with E-state index < -0.39 is 5.91 Å². The summed E-state index contributed by atoms with van der Waals surface area (Å²) in [6.45, 7) is 1.53. The zero-order chi connectivity index (χ0) is 18.1. The van der Waals surface area contributed by atoms with E-state index in [1.165, 1.54) is 5.56 Å². The first-order valence-corrected chi connectivity index (χ1v) is 8.72. The number of amides is 1. The average Bonchev–Trinajstić information content (AvgIpc) is 3.13. The van der Waals surface area contributed by atoms with Gasteiger partial charge in [-0.1, -0.05) is 24.3 Å². The first-order chi connectivity index (χ1) is 12.7. The molecule has 3 aromatic rings. The standard InChI is InChI=1S/C20H21N3O3/c1-25-16-7-6-13(12-8-10-26-11-9-12)17-18(16)23-20(22-17)15-5-3-2-4-14(15)19(21)24/h2-7,12H,8-11H2,1H3,(H2,21,24)(H,22,23). The fourth-order valence-electron chi connectivity index (χ4n) is 3.63. The Bertz CT molecular complexity index is 958. The van der Waals surface area contributed by atoms with Gasteiger partial charge in [0.2, 0.25) is 5.91 Å². The first kappa shape index (κ1) is 16.6. The van der Waals surface area contributed by atoms with E-state index in [4.69, 9.17) is 20.2 Å². The number of hydrogen-bond donors (Lipinski definition) is 2. The number of nitrogens with one attached hydrogen (secondary N) is 1. The van der Waals surface area contributed by atoms with Crippen LogP contribution in [0.3, 0.4) is 0 Å². The van der Waals surface area contributed by atoms with E-state index >= 15 is 0 Å². The molecule has 3 N–H and O–H groups in total. The van der Waals surface area contributed by atoms with Gasteiger partial charge in [-0.3, -0.25) is 4.79 Å². The van der Waals surface area contributed by atoms with Crippen molar-refractivity contribution >= 4 is 16.9 Å². The van der Waals surface area contributed by atoms with Crippen LogP contribution in [0.2, 0.25) is 0 Å². The molecular weight excluding hydrogens is 330 g/mol. The second-order valence-corrected chi connectivity index (χ2v) is 6.46. The number of hydrogen-bond acceptors (Lipinski definition) is 4. The van der Waals surface area contributed by atoms with Gasteiger partial charge in [0.05, 0.1) is 18.2 Å². The minimum Gasteiger partial charge on any atom is -0.494 e. The highest BCUT2D eigenvalue weighted by Crippen LogP contribution is 2.37. The Labute approximate surface area is 151 Å². The summed E-state index contributed by atoms with van der Waals surface area (Å²) in [6, 6.07) is 11.3. The van der Waals surface area contributed by atoms with Crippen molar-refractivity contribution in [2.24, 2.45) is 5.73 Å². The number of nitrogens with two attached hydrogens (primary N) is 1. The molecule has 134 valence electrons. The van der Waals surface area contributed by atoms with E-state index in [1.807, 2.05) is 18.2 Å². The number of imidazole rings is 1. The Hall–Kier alpha value is -2.86. The predicted octanol–water partition coefficient (Wildman–Crippen LogP) is 3.23. The molecule has 0 aliphatic carbocycles. The maximum Gasteiger partial charge on any atom is 0.249 e. The van der Waals surface area contributed by atoms with E-state index in [2.05, 4.69) is 11.1 Å². The molecule has 1 aliphatic heterocycles. The topological polar surface area (TPSA) is 90.2 Å². The number of fused-ring (bicyclic) bond motifs is 1. The number of benzene rings is 2. The number of H-pyrrole nitrogens is 1. The van der Waals surface area contributed by atoms with Gasteiger partial charge in [-0.25, -0.2) is 4.98 Å². The van der Waals surface area contributed by atoms with Crippen molar-refractivity contribution in [2.75, 3.05) is 20.3 Å². The maximum atomic E-state index is 11.8. The zero-order valence-corrected chi connectivity index (χ0v) is 14.6. The van der Waals surface area contributed by atoms with Gasteiger partial charge in [-0.05, 0) is 36.5 Å². The third-order valence-electron chi connectivity index (χ3n) is 4.97. The number of nitrogens with zero attached hydrogens (tertiary/aromatic N) is 1. The number of rotatable bonds is 4. The smallest absolute Gasteiger partial charge is 0.249 e. The highest BCUT2D eigenvalue weighted by molar-refractivity contribution is 6.00. The summed E-state index contributed by atoms with van der Waals surface area (Å²) in [4.78, 5) is 19.9. The van der Waals surface area contributed by atoms with Crippen LogP contribution >= 0.6 is 0 Å². The fraction of sp³-hybridized carbons (Fsp3) is 0.300. The molecular formula is C20H21N3O3. The molecule has 2 heterocycles. The van der Waals surface area contributed by atoms with Crippen LogP contribution in [-0.2, 0) is 4.74 Å². The van der Waals surface area contributed by atoms with Gasteiger partial charge in [-0.15, -0.1) is 0 Å². The summed E-state index contributed by atoms with van der Waals surface area (Å²) >= 11 is 0. The van der Waals surface area contributed by atoms with Gasteiger partial charge in [0.25, 0.3) is 0 Å². The molecule has 0 atom stereocenters. The molecule has 1 amide bonds. The molecule has 4 rings (SSSR count). The molecule has 0 spiro atoms. The lowest BCUT2D eigenvalue weighted by Crippen LogP contribution is -2.14. The lowest BCUT2D eigenvalue weighted by Gasteiger charge is -2.22. The molecule has 0 saturated carbocycles. The zero-order valence-electron chi connectivity index (χ0n) is 14.6. The van der Waals surface area contributed by atoms with Gasteiger partial charge < -0.3 is 20.2 Å². The molecule has 1 fully saturated rings. The van der Waals surface area contributed by atoms with Gasteiger partial charge in [0, 0.05) is 18.8 Å². The summed E-state index contributed by atoms with van der Waals surface area (Å²) in [7, 11) is 1.64. The molecule has 1 aliphatic rings. The summed E-state index contributed by atoms with van der Waals surface area (Å²) in [6.07, 6.45) is 1.95. The molecule has 26 heavy (non-hydrogen) atoms. The van der Waals surface area contributed by atoms with Crippen LogP contribution in [0.1, 0.15) is 34.7 Å². The van der Waals surface area contributed by atoms with Gasteiger partial charge in [0.15, 0.2) is 0 Å². The Morgan fingerprint density at radius 2 is 2.00 bits per heavy atom. The Balaban J connectivity index is 1.89. The number of carbonyl (C=O) groups excluding carboxylic acids is 1. The van der Waals surface area contributed by atoms with E-state index in [9.17, 15) is 4.79 Å². The Morgan fingerprint density at radius 1 is 1.23 bits per heavy atom. The van der Waals surface area contributed by atoms with Crippen LogP contribution < -0.4 is 10.5 Å². The van der Waals surface area contributed by atoms with Gasteiger partial charge in [-0.2, -0.15) is 0 Å². The quantitative estimate of drug-likeness (QED) is 0.755.